The van der Waals surface area contributed by atoms with Crippen LogP contribution in [0.25, 0.3) is 0 Å². The molecular weight excluding hydrogens is 266 g/mol. The van der Waals surface area contributed by atoms with E-state index in [2.05, 4.69) is 10.1 Å². The fraction of sp³-hybridized carbons (Fsp3) is 0.500. The van der Waals surface area contributed by atoms with Crippen LogP contribution in [0.15, 0.2) is 24.3 Å². The summed E-state index contributed by atoms with van der Waals surface area (Å²) < 4.78 is 28.3. The number of amides is 1. The van der Waals surface area contributed by atoms with Gasteiger partial charge in [0.1, 0.15) is 5.75 Å². The second kappa shape index (κ2) is 6.17. The van der Waals surface area contributed by atoms with Crippen LogP contribution < -0.4 is 15.8 Å². The fourth-order valence-corrected chi connectivity index (χ4v) is 2.53. The van der Waals surface area contributed by atoms with Gasteiger partial charge < -0.3 is 15.8 Å². The standard InChI is InChI=1S/C14H18F2N2O2/c15-13(16)20-11-5-3-10(4-6-11)12(19)18-14(9-17)7-1-2-8-14/h3-6,13H,1-2,7-9,17H2,(H,18,19). The van der Waals surface area contributed by atoms with E-state index >= 15 is 0 Å². The Morgan fingerprint density at radius 1 is 1.30 bits per heavy atom. The van der Waals surface area contributed by atoms with Crippen molar-refractivity contribution in [2.45, 2.75) is 37.8 Å². The number of hydrogen-bond acceptors (Lipinski definition) is 3. The van der Waals surface area contributed by atoms with Crippen LogP contribution in [-0.4, -0.2) is 24.6 Å². The number of ether oxygens (including phenoxy) is 1. The van der Waals surface area contributed by atoms with Gasteiger partial charge >= 0.3 is 6.61 Å². The van der Waals surface area contributed by atoms with Gasteiger partial charge in [0.2, 0.25) is 0 Å². The van der Waals surface area contributed by atoms with Crippen molar-refractivity contribution in [3.8, 4) is 5.75 Å². The average molecular weight is 284 g/mol. The van der Waals surface area contributed by atoms with Crippen LogP contribution in [0, 0.1) is 0 Å². The lowest BCUT2D eigenvalue weighted by atomic mass is 9.97. The molecule has 1 aliphatic carbocycles. The van der Waals surface area contributed by atoms with Gasteiger partial charge in [0, 0.05) is 12.1 Å². The van der Waals surface area contributed by atoms with Gasteiger partial charge in [0.25, 0.3) is 5.91 Å². The van der Waals surface area contributed by atoms with E-state index in [0.29, 0.717) is 12.1 Å². The van der Waals surface area contributed by atoms with Crippen molar-refractivity contribution < 1.29 is 18.3 Å². The van der Waals surface area contributed by atoms with Crippen LogP contribution >= 0.6 is 0 Å². The highest BCUT2D eigenvalue weighted by Crippen LogP contribution is 2.29. The van der Waals surface area contributed by atoms with Gasteiger partial charge in [0.15, 0.2) is 0 Å². The predicted molar refractivity (Wildman–Crippen MR) is 70.8 cm³/mol. The van der Waals surface area contributed by atoms with Crippen LogP contribution in [0.2, 0.25) is 0 Å². The zero-order valence-corrected chi connectivity index (χ0v) is 11.1. The molecule has 20 heavy (non-hydrogen) atoms. The molecule has 0 atom stereocenters. The molecule has 0 aromatic heterocycles. The van der Waals surface area contributed by atoms with Crippen LogP contribution in [-0.2, 0) is 0 Å². The summed E-state index contributed by atoms with van der Waals surface area (Å²) in [5, 5.41) is 2.97. The molecule has 0 radical (unpaired) electrons. The fourth-order valence-electron chi connectivity index (χ4n) is 2.53. The van der Waals surface area contributed by atoms with Crippen LogP contribution in [0.4, 0.5) is 8.78 Å². The third-order valence-corrected chi connectivity index (χ3v) is 3.67. The van der Waals surface area contributed by atoms with E-state index in [0.717, 1.165) is 25.7 Å². The molecule has 4 nitrogen and oxygen atoms in total. The number of benzene rings is 1. The monoisotopic (exact) mass is 284 g/mol. The van der Waals surface area contributed by atoms with E-state index in [-0.39, 0.29) is 17.2 Å². The van der Waals surface area contributed by atoms with Crippen LogP contribution in [0.1, 0.15) is 36.0 Å². The molecule has 1 aromatic rings. The highest BCUT2D eigenvalue weighted by Gasteiger charge is 2.34. The zero-order chi connectivity index (χ0) is 14.6. The lowest BCUT2D eigenvalue weighted by Gasteiger charge is -2.28. The van der Waals surface area contributed by atoms with E-state index < -0.39 is 6.61 Å². The Morgan fingerprint density at radius 3 is 2.40 bits per heavy atom. The smallest absolute Gasteiger partial charge is 0.387 e. The number of carbonyl (C=O) groups is 1. The molecule has 1 amide bonds. The third-order valence-electron chi connectivity index (χ3n) is 3.67. The first kappa shape index (κ1) is 14.7. The molecule has 0 bridgehead atoms. The molecule has 6 heteroatoms. The first-order valence-electron chi connectivity index (χ1n) is 6.62. The first-order valence-corrected chi connectivity index (χ1v) is 6.62. The second-order valence-corrected chi connectivity index (χ2v) is 5.05. The Morgan fingerprint density at radius 2 is 1.90 bits per heavy atom. The van der Waals surface area contributed by atoms with E-state index in [1.807, 2.05) is 0 Å². The largest absolute Gasteiger partial charge is 0.435 e. The van der Waals surface area contributed by atoms with Gasteiger partial charge in [-0.3, -0.25) is 4.79 Å². The summed E-state index contributed by atoms with van der Waals surface area (Å²) in [6, 6.07) is 5.63. The van der Waals surface area contributed by atoms with Gasteiger partial charge in [-0.15, -0.1) is 0 Å². The minimum atomic E-state index is -2.87. The van der Waals surface area contributed by atoms with Crippen molar-refractivity contribution in [2.24, 2.45) is 5.73 Å². The molecule has 0 saturated heterocycles. The quantitative estimate of drug-likeness (QED) is 0.872. The number of alkyl halides is 2. The third kappa shape index (κ3) is 3.45. The van der Waals surface area contributed by atoms with E-state index in [9.17, 15) is 13.6 Å². The van der Waals surface area contributed by atoms with Crippen molar-refractivity contribution in [1.29, 1.82) is 0 Å². The Labute approximate surface area is 116 Å². The Kier molecular flexibility index (Phi) is 4.54. The summed E-state index contributed by atoms with van der Waals surface area (Å²) >= 11 is 0. The number of nitrogens with one attached hydrogen (secondary N) is 1. The summed E-state index contributed by atoms with van der Waals surface area (Å²) in [7, 11) is 0. The molecular formula is C14H18F2N2O2. The van der Waals surface area contributed by atoms with E-state index in [1.54, 1.807) is 0 Å². The molecule has 0 heterocycles. The number of hydrogen-bond donors (Lipinski definition) is 2. The highest BCUT2D eigenvalue weighted by molar-refractivity contribution is 5.94. The van der Waals surface area contributed by atoms with E-state index in [4.69, 9.17) is 5.73 Å². The Hall–Kier alpha value is -1.69. The predicted octanol–water partition coefficient (Wildman–Crippen LogP) is 2.29. The number of halogens is 2. The normalized spacial score (nSPS) is 17.2. The Balaban J connectivity index is 2.02. The molecule has 1 aliphatic rings. The molecule has 2 rings (SSSR count). The minimum Gasteiger partial charge on any atom is -0.435 e. The summed E-state index contributed by atoms with van der Waals surface area (Å²) in [6.45, 7) is -2.46. The second-order valence-electron chi connectivity index (χ2n) is 5.05. The van der Waals surface area contributed by atoms with Gasteiger partial charge in [-0.2, -0.15) is 8.78 Å². The molecule has 0 unspecified atom stereocenters. The average Bonchev–Trinajstić information content (AvgIpc) is 2.88. The van der Waals surface area contributed by atoms with Crippen LogP contribution in [0.5, 0.6) is 5.75 Å². The van der Waals surface area contributed by atoms with Gasteiger partial charge in [0.05, 0.1) is 5.54 Å². The van der Waals surface area contributed by atoms with Gasteiger partial charge in [-0.1, -0.05) is 12.8 Å². The molecule has 1 aromatic carbocycles. The Bertz CT molecular complexity index is 457. The maximum atomic E-state index is 12.1. The molecule has 3 N–H and O–H groups in total. The number of carbonyl (C=O) groups excluding carboxylic acids is 1. The lowest BCUT2D eigenvalue weighted by molar-refractivity contribution is -0.0498. The van der Waals surface area contributed by atoms with Crippen molar-refractivity contribution in [3.05, 3.63) is 29.8 Å². The zero-order valence-electron chi connectivity index (χ0n) is 11.1. The summed E-state index contributed by atoms with van der Waals surface area (Å²) in [6.07, 6.45) is 3.86. The molecule has 1 saturated carbocycles. The maximum absolute atomic E-state index is 12.1. The first-order chi connectivity index (χ1) is 9.54. The minimum absolute atomic E-state index is 0.0333. The van der Waals surface area contributed by atoms with Crippen molar-refractivity contribution in [3.63, 3.8) is 0 Å². The molecule has 1 fully saturated rings. The number of nitrogens with two attached hydrogens (primary N) is 1. The van der Waals surface area contributed by atoms with Crippen LogP contribution in [0.3, 0.4) is 0 Å². The SMILES string of the molecule is NCC1(NC(=O)c2ccc(OC(F)F)cc2)CCCC1. The topological polar surface area (TPSA) is 64.3 Å². The van der Waals surface area contributed by atoms with Gasteiger partial charge in [-0.05, 0) is 37.1 Å². The molecule has 0 aliphatic heterocycles. The summed E-state index contributed by atoms with van der Waals surface area (Å²) in [5.74, 6) is -0.202. The van der Waals surface area contributed by atoms with Crippen molar-refractivity contribution in [2.75, 3.05) is 6.54 Å². The van der Waals surface area contributed by atoms with Gasteiger partial charge in [-0.25, -0.2) is 0 Å². The summed E-state index contributed by atoms with van der Waals surface area (Å²) in [4.78, 5) is 12.1. The lowest BCUT2D eigenvalue weighted by Crippen LogP contribution is -2.51. The highest BCUT2D eigenvalue weighted by atomic mass is 19.3. The van der Waals surface area contributed by atoms with Crippen molar-refractivity contribution >= 4 is 5.91 Å². The van der Waals surface area contributed by atoms with E-state index in [1.165, 1.54) is 24.3 Å². The maximum Gasteiger partial charge on any atom is 0.387 e. The molecule has 0 spiro atoms. The molecule has 110 valence electrons. The van der Waals surface area contributed by atoms with Crippen molar-refractivity contribution in [1.82, 2.24) is 5.32 Å². The summed E-state index contributed by atoms with van der Waals surface area (Å²) in [5.41, 5.74) is 5.84. The number of rotatable bonds is 5.